The zero-order valence-corrected chi connectivity index (χ0v) is 18.1. The van der Waals surface area contributed by atoms with Crippen molar-refractivity contribution in [3.8, 4) is 0 Å². The fourth-order valence-electron chi connectivity index (χ4n) is 3.51. The average molecular weight is 430 g/mol. The molecule has 1 aliphatic rings. The summed E-state index contributed by atoms with van der Waals surface area (Å²) in [6, 6.07) is 3.65. The predicted molar refractivity (Wildman–Crippen MR) is 118 cm³/mol. The van der Waals surface area contributed by atoms with E-state index in [-0.39, 0.29) is 24.8 Å². The molecular weight excluding hydrogens is 402 g/mol. The number of pyridine rings is 1. The molecule has 0 aromatic carbocycles. The van der Waals surface area contributed by atoms with E-state index in [1.54, 1.807) is 24.2 Å². The maximum atomic E-state index is 12.4. The Labute approximate surface area is 179 Å². The van der Waals surface area contributed by atoms with Crippen molar-refractivity contribution >= 4 is 39.9 Å². The number of nitrogens with zero attached hydrogens (tertiary/aromatic N) is 2. The third-order valence-corrected chi connectivity index (χ3v) is 6.19. The zero-order valence-electron chi connectivity index (χ0n) is 17.3. The molecule has 0 saturated carbocycles. The van der Waals surface area contributed by atoms with Gasteiger partial charge in [-0.05, 0) is 62.9 Å². The smallest absolute Gasteiger partial charge is 0.251 e. The van der Waals surface area contributed by atoms with Gasteiger partial charge in [-0.1, -0.05) is 0 Å². The lowest BCUT2D eigenvalue weighted by Gasteiger charge is -2.16. The minimum absolute atomic E-state index is 0.142. The standard InChI is InChI=1S/C21H27N5O3S/c1-13-7-9-23-16(11-13)24-18(28)12-26(2)10-8-17(27)25-21-19(20(22)29)14-5-3-4-6-15(14)30-21/h7,9,11H,3-6,8,10,12H2,1-2H3,(H2,22,29)(H,25,27)(H,23,24,28). The SMILES string of the molecule is Cc1ccnc(NC(=O)CN(C)CCC(=O)Nc2sc3c(c2C(N)=O)CCCC3)c1. The lowest BCUT2D eigenvalue weighted by molar-refractivity contribution is -0.119. The number of likely N-dealkylation sites (N-methyl/N-ethyl adjacent to an activating group) is 1. The number of hydrogen-bond acceptors (Lipinski definition) is 6. The highest BCUT2D eigenvalue weighted by molar-refractivity contribution is 7.17. The summed E-state index contributed by atoms with van der Waals surface area (Å²) in [6.07, 6.45) is 5.71. The van der Waals surface area contributed by atoms with E-state index in [0.717, 1.165) is 41.7 Å². The highest BCUT2D eigenvalue weighted by atomic mass is 32.1. The van der Waals surface area contributed by atoms with Gasteiger partial charge in [-0.3, -0.25) is 19.3 Å². The minimum Gasteiger partial charge on any atom is -0.365 e. The molecule has 0 bridgehead atoms. The number of aromatic nitrogens is 1. The lowest BCUT2D eigenvalue weighted by atomic mass is 9.95. The molecule has 8 nitrogen and oxygen atoms in total. The Hall–Kier alpha value is -2.78. The number of anilines is 2. The van der Waals surface area contributed by atoms with Gasteiger partial charge in [0.25, 0.3) is 5.91 Å². The summed E-state index contributed by atoms with van der Waals surface area (Å²) in [4.78, 5) is 43.5. The van der Waals surface area contributed by atoms with Gasteiger partial charge in [0.1, 0.15) is 10.8 Å². The molecule has 1 aliphatic carbocycles. The van der Waals surface area contributed by atoms with Crippen LogP contribution < -0.4 is 16.4 Å². The van der Waals surface area contributed by atoms with Gasteiger partial charge in [0, 0.05) is 24.0 Å². The molecule has 30 heavy (non-hydrogen) atoms. The first kappa shape index (κ1) is 21.9. The molecule has 4 N–H and O–H groups in total. The third kappa shape index (κ3) is 5.64. The molecule has 2 aromatic rings. The molecule has 0 spiro atoms. The first-order chi connectivity index (χ1) is 14.3. The highest BCUT2D eigenvalue weighted by Gasteiger charge is 2.25. The quantitative estimate of drug-likeness (QED) is 0.595. The summed E-state index contributed by atoms with van der Waals surface area (Å²) in [5.74, 6) is -0.392. The van der Waals surface area contributed by atoms with Gasteiger partial charge in [-0.15, -0.1) is 11.3 Å². The Balaban J connectivity index is 1.50. The van der Waals surface area contributed by atoms with Crippen LogP contribution in [0.1, 0.15) is 45.6 Å². The van der Waals surface area contributed by atoms with E-state index in [1.807, 2.05) is 13.0 Å². The number of nitrogens with two attached hydrogens (primary N) is 1. The van der Waals surface area contributed by atoms with E-state index in [2.05, 4.69) is 15.6 Å². The van der Waals surface area contributed by atoms with Crippen LogP contribution in [0.25, 0.3) is 0 Å². The second-order valence-corrected chi connectivity index (χ2v) is 8.69. The molecule has 0 unspecified atom stereocenters. The lowest BCUT2D eigenvalue weighted by Crippen LogP contribution is -2.32. The number of carbonyl (C=O) groups excluding carboxylic acids is 3. The van der Waals surface area contributed by atoms with E-state index in [9.17, 15) is 14.4 Å². The summed E-state index contributed by atoms with van der Waals surface area (Å²) in [5.41, 5.74) is 8.03. The van der Waals surface area contributed by atoms with Crippen LogP contribution in [0.3, 0.4) is 0 Å². The van der Waals surface area contributed by atoms with E-state index in [4.69, 9.17) is 5.73 Å². The number of rotatable bonds is 8. The monoisotopic (exact) mass is 429 g/mol. The first-order valence-corrected chi connectivity index (χ1v) is 10.8. The molecule has 0 saturated heterocycles. The van der Waals surface area contributed by atoms with Crippen LogP contribution in [0.4, 0.5) is 10.8 Å². The minimum atomic E-state index is -0.497. The topological polar surface area (TPSA) is 117 Å². The number of amides is 3. The second kappa shape index (κ2) is 9.82. The van der Waals surface area contributed by atoms with Crippen LogP contribution >= 0.6 is 11.3 Å². The van der Waals surface area contributed by atoms with Crippen LogP contribution in [0.2, 0.25) is 0 Å². The van der Waals surface area contributed by atoms with Crippen LogP contribution in [-0.2, 0) is 22.4 Å². The summed E-state index contributed by atoms with van der Waals surface area (Å²) in [5, 5.41) is 6.14. The van der Waals surface area contributed by atoms with Crippen molar-refractivity contribution in [2.75, 3.05) is 30.8 Å². The largest absolute Gasteiger partial charge is 0.365 e. The fraction of sp³-hybridized carbons (Fsp3) is 0.429. The van der Waals surface area contributed by atoms with Crippen LogP contribution in [0.5, 0.6) is 0 Å². The van der Waals surface area contributed by atoms with Gasteiger partial charge < -0.3 is 16.4 Å². The van der Waals surface area contributed by atoms with Crippen LogP contribution in [0.15, 0.2) is 18.3 Å². The average Bonchev–Trinajstić information content (AvgIpc) is 3.04. The summed E-state index contributed by atoms with van der Waals surface area (Å²) in [7, 11) is 1.77. The maximum absolute atomic E-state index is 12.4. The van der Waals surface area contributed by atoms with Crippen molar-refractivity contribution in [2.45, 2.75) is 39.0 Å². The van der Waals surface area contributed by atoms with Crippen LogP contribution in [-0.4, -0.2) is 47.7 Å². The molecule has 160 valence electrons. The van der Waals surface area contributed by atoms with E-state index in [0.29, 0.717) is 22.9 Å². The van der Waals surface area contributed by atoms with E-state index >= 15 is 0 Å². The van der Waals surface area contributed by atoms with Gasteiger partial charge >= 0.3 is 0 Å². The van der Waals surface area contributed by atoms with Gasteiger partial charge in [0.15, 0.2) is 0 Å². The molecule has 2 heterocycles. The molecule has 9 heteroatoms. The molecule has 0 atom stereocenters. The molecule has 0 radical (unpaired) electrons. The van der Waals surface area contributed by atoms with Crippen molar-refractivity contribution in [1.82, 2.24) is 9.88 Å². The van der Waals surface area contributed by atoms with Gasteiger partial charge in [0.05, 0.1) is 12.1 Å². The molecule has 3 rings (SSSR count). The number of aryl methyl sites for hydroxylation is 2. The maximum Gasteiger partial charge on any atom is 0.251 e. The summed E-state index contributed by atoms with van der Waals surface area (Å²) in [6.45, 7) is 2.47. The van der Waals surface area contributed by atoms with Crippen molar-refractivity contribution in [1.29, 1.82) is 0 Å². The van der Waals surface area contributed by atoms with E-state index < -0.39 is 5.91 Å². The number of hydrogen-bond donors (Lipinski definition) is 3. The number of nitrogens with one attached hydrogen (secondary N) is 2. The first-order valence-electron chi connectivity index (χ1n) is 9.98. The van der Waals surface area contributed by atoms with Crippen LogP contribution in [0, 0.1) is 6.92 Å². The highest BCUT2D eigenvalue weighted by Crippen LogP contribution is 2.37. The van der Waals surface area contributed by atoms with Gasteiger partial charge in [0.2, 0.25) is 11.8 Å². The predicted octanol–water partition coefficient (Wildman–Crippen LogP) is 2.33. The number of thiophene rings is 1. The van der Waals surface area contributed by atoms with Crippen molar-refractivity contribution in [2.24, 2.45) is 5.73 Å². The van der Waals surface area contributed by atoms with Crippen molar-refractivity contribution < 1.29 is 14.4 Å². The Morgan fingerprint density at radius 2 is 1.97 bits per heavy atom. The third-order valence-electron chi connectivity index (χ3n) is 4.99. The number of carbonyl (C=O) groups is 3. The Bertz CT molecular complexity index is 956. The second-order valence-electron chi connectivity index (χ2n) is 7.58. The van der Waals surface area contributed by atoms with Gasteiger partial charge in [-0.2, -0.15) is 0 Å². The molecule has 3 amide bonds. The van der Waals surface area contributed by atoms with E-state index in [1.165, 1.54) is 11.3 Å². The van der Waals surface area contributed by atoms with Crippen molar-refractivity contribution in [3.63, 3.8) is 0 Å². The van der Waals surface area contributed by atoms with Gasteiger partial charge in [-0.25, -0.2) is 4.98 Å². The molecule has 0 aliphatic heterocycles. The Kier molecular flexibility index (Phi) is 7.17. The number of fused-ring (bicyclic) bond motifs is 1. The molecule has 0 fully saturated rings. The summed E-state index contributed by atoms with van der Waals surface area (Å²) >= 11 is 1.45. The zero-order chi connectivity index (χ0) is 21.7. The van der Waals surface area contributed by atoms with Crippen molar-refractivity contribution in [3.05, 3.63) is 39.9 Å². The molecule has 2 aromatic heterocycles. The molecular formula is C21H27N5O3S. The Morgan fingerprint density at radius 1 is 1.20 bits per heavy atom. The Morgan fingerprint density at radius 3 is 2.70 bits per heavy atom. The summed E-state index contributed by atoms with van der Waals surface area (Å²) < 4.78 is 0. The number of primary amides is 1. The normalized spacial score (nSPS) is 13.0. The fourth-order valence-corrected chi connectivity index (χ4v) is 4.82.